The van der Waals surface area contributed by atoms with Crippen LogP contribution in [0.5, 0.6) is 0 Å². The number of sulfonamides is 1. The molecule has 1 saturated heterocycles. The van der Waals surface area contributed by atoms with E-state index in [0.717, 1.165) is 37.2 Å². The number of anilines is 1. The third-order valence-corrected chi connectivity index (χ3v) is 5.07. The molecule has 1 aliphatic rings. The molecule has 0 aliphatic carbocycles. The highest BCUT2D eigenvalue weighted by Gasteiger charge is 2.19. The van der Waals surface area contributed by atoms with Crippen molar-refractivity contribution in [3.05, 3.63) is 52.2 Å². The maximum Gasteiger partial charge on any atom is 0.269 e. The van der Waals surface area contributed by atoms with Gasteiger partial charge in [0, 0.05) is 12.1 Å². The number of benzene rings is 1. The van der Waals surface area contributed by atoms with E-state index in [0.29, 0.717) is 0 Å². The van der Waals surface area contributed by atoms with Gasteiger partial charge in [-0.1, -0.05) is 0 Å². The van der Waals surface area contributed by atoms with Crippen LogP contribution >= 0.6 is 0 Å². The Labute approximate surface area is 138 Å². The molecule has 1 unspecified atom stereocenters. The van der Waals surface area contributed by atoms with Crippen LogP contribution in [0.2, 0.25) is 0 Å². The summed E-state index contributed by atoms with van der Waals surface area (Å²) < 4.78 is 26.8. The molecule has 1 aromatic carbocycles. The minimum Gasteiger partial charge on any atom is -0.309 e. The summed E-state index contributed by atoms with van der Waals surface area (Å²) in [6.07, 6.45) is 2.05. The molecule has 2 heterocycles. The Morgan fingerprint density at radius 1 is 1.17 bits per heavy atom. The summed E-state index contributed by atoms with van der Waals surface area (Å²) in [6.45, 7) is 0.931. The lowest BCUT2D eigenvalue weighted by atomic mass is 10.1. The van der Waals surface area contributed by atoms with Crippen molar-refractivity contribution in [2.45, 2.75) is 23.8 Å². The molecule has 9 nitrogen and oxygen atoms in total. The maximum atomic E-state index is 12.3. The van der Waals surface area contributed by atoms with E-state index in [9.17, 15) is 18.5 Å². The average molecular weight is 349 g/mol. The van der Waals surface area contributed by atoms with Gasteiger partial charge in [-0.15, -0.1) is 5.10 Å². The van der Waals surface area contributed by atoms with Crippen molar-refractivity contribution in [1.82, 2.24) is 15.5 Å². The molecule has 0 saturated carbocycles. The average Bonchev–Trinajstić information content (AvgIpc) is 3.10. The first kappa shape index (κ1) is 16.3. The highest BCUT2D eigenvalue weighted by Crippen LogP contribution is 2.22. The van der Waals surface area contributed by atoms with E-state index >= 15 is 0 Å². The first-order chi connectivity index (χ1) is 11.5. The summed E-state index contributed by atoms with van der Waals surface area (Å²) in [6, 6.07) is 8.03. The predicted octanol–water partition coefficient (Wildman–Crippen LogP) is 1.61. The fourth-order valence-electron chi connectivity index (χ4n) is 2.46. The molecular formula is C14H15N5O4S. The lowest BCUT2D eigenvalue weighted by molar-refractivity contribution is -0.384. The van der Waals surface area contributed by atoms with Crippen LogP contribution in [0.3, 0.4) is 0 Å². The van der Waals surface area contributed by atoms with Crippen LogP contribution in [0.4, 0.5) is 11.5 Å². The molecule has 0 spiro atoms. The van der Waals surface area contributed by atoms with Crippen molar-refractivity contribution in [2.24, 2.45) is 0 Å². The molecule has 0 bridgehead atoms. The normalized spacial score (nSPS) is 17.6. The van der Waals surface area contributed by atoms with Gasteiger partial charge in [0.25, 0.3) is 15.7 Å². The predicted molar refractivity (Wildman–Crippen MR) is 85.9 cm³/mol. The Bertz CT molecular complexity index is 830. The van der Waals surface area contributed by atoms with Gasteiger partial charge in [0.2, 0.25) is 0 Å². The summed E-state index contributed by atoms with van der Waals surface area (Å²) in [7, 11) is -3.88. The molecular weight excluding hydrogens is 334 g/mol. The highest BCUT2D eigenvalue weighted by atomic mass is 32.2. The van der Waals surface area contributed by atoms with E-state index < -0.39 is 14.9 Å². The van der Waals surface area contributed by atoms with Gasteiger partial charge in [0.15, 0.2) is 5.82 Å². The van der Waals surface area contributed by atoms with Gasteiger partial charge in [-0.2, -0.15) is 5.10 Å². The van der Waals surface area contributed by atoms with Crippen molar-refractivity contribution < 1.29 is 13.3 Å². The Hall–Kier alpha value is -2.59. The summed E-state index contributed by atoms with van der Waals surface area (Å²) in [5.74, 6) is 0.0927. The minimum absolute atomic E-state index is 0.0866. The first-order valence-corrected chi connectivity index (χ1v) is 8.78. The summed E-state index contributed by atoms with van der Waals surface area (Å²) in [5, 5.41) is 21.8. The van der Waals surface area contributed by atoms with Gasteiger partial charge in [-0.3, -0.25) is 14.8 Å². The monoisotopic (exact) mass is 349 g/mol. The van der Waals surface area contributed by atoms with E-state index in [1.54, 1.807) is 12.1 Å². The largest absolute Gasteiger partial charge is 0.309 e. The zero-order valence-electron chi connectivity index (χ0n) is 12.5. The van der Waals surface area contributed by atoms with Crippen molar-refractivity contribution in [3.63, 3.8) is 0 Å². The number of nitro groups is 1. The molecule has 24 heavy (non-hydrogen) atoms. The van der Waals surface area contributed by atoms with Crippen LogP contribution < -0.4 is 10.0 Å². The lowest BCUT2D eigenvalue weighted by Crippen LogP contribution is -2.17. The Kier molecular flexibility index (Phi) is 4.40. The second-order valence-corrected chi connectivity index (χ2v) is 7.03. The molecule has 0 radical (unpaired) electrons. The van der Waals surface area contributed by atoms with Gasteiger partial charge in [0.05, 0.1) is 21.6 Å². The van der Waals surface area contributed by atoms with Crippen molar-refractivity contribution in [1.29, 1.82) is 0 Å². The third kappa shape index (κ3) is 3.49. The van der Waals surface area contributed by atoms with E-state index in [-0.39, 0.29) is 22.4 Å². The number of non-ortho nitro benzene ring substituents is 1. The first-order valence-electron chi connectivity index (χ1n) is 7.30. The smallest absolute Gasteiger partial charge is 0.269 e. The van der Waals surface area contributed by atoms with Gasteiger partial charge in [-0.05, 0) is 43.7 Å². The number of nitrogens with zero attached hydrogens (tertiary/aromatic N) is 3. The van der Waals surface area contributed by atoms with Crippen molar-refractivity contribution in [3.8, 4) is 0 Å². The van der Waals surface area contributed by atoms with E-state index in [4.69, 9.17) is 0 Å². The molecule has 1 atom stereocenters. The molecule has 2 aromatic rings. The number of rotatable bonds is 5. The van der Waals surface area contributed by atoms with Crippen LogP contribution in [0.25, 0.3) is 0 Å². The minimum atomic E-state index is -3.88. The van der Waals surface area contributed by atoms with Gasteiger partial charge in [-0.25, -0.2) is 8.42 Å². The van der Waals surface area contributed by atoms with Gasteiger partial charge >= 0.3 is 0 Å². The van der Waals surface area contributed by atoms with Crippen LogP contribution in [0.1, 0.15) is 24.6 Å². The van der Waals surface area contributed by atoms with Crippen LogP contribution in [0, 0.1) is 10.1 Å². The Balaban J connectivity index is 1.75. The summed E-state index contributed by atoms with van der Waals surface area (Å²) >= 11 is 0. The highest BCUT2D eigenvalue weighted by molar-refractivity contribution is 7.92. The molecule has 1 fully saturated rings. The SMILES string of the molecule is O=[N+]([O-])c1ccc(S(=O)(=O)Nc2ccc(C3CCCN3)nn2)cc1. The Morgan fingerprint density at radius 3 is 2.46 bits per heavy atom. The summed E-state index contributed by atoms with van der Waals surface area (Å²) in [5.41, 5.74) is 0.591. The second kappa shape index (κ2) is 6.49. The zero-order valence-corrected chi connectivity index (χ0v) is 13.4. The number of nitro benzene ring substituents is 1. The van der Waals surface area contributed by atoms with Crippen LogP contribution in [-0.2, 0) is 10.0 Å². The van der Waals surface area contributed by atoms with E-state index in [2.05, 4.69) is 20.2 Å². The molecule has 2 N–H and O–H groups in total. The van der Waals surface area contributed by atoms with Crippen LogP contribution in [-0.4, -0.2) is 30.1 Å². The third-order valence-electron chi connectivity index (χ3n) is 3.70. The van der Waals surface area contributed by atoms with Gasteiger partial charge in [0.1, 0.15) is 0 Å². The molecule has 3 rings (SSSR count). The van der Waals surface area contributed by atoms with E-state index in [1.807, 2.05) is 0 Å². The van der Waals surface area contributed by atoms with E-state index in [1.165, 1.54) is 12.1 Å². The molecule has 1 aromatic heterocycles. The number of hydrogen-bond acceptors (Lipinski definition) is 7. The second-order valence-electron chi connectivity index (χ2n) is 5.35. The number of hydrogen-bond donors (Lipinski definition) is 2. The number of aromatic nitrogens is 2. The molecule has 10 heteroatoms. The topological polar surface area (TPSA) is 127 Å². The van der Waals surface area contributed by atoms with Gasteiger partial charge < -0.3 is 5.32 Å². The number of nitrogens with one attached hydrogen (secondary N) is 2. The lowest BCUT2D eigenvalue weighted by Gasteiger charge is -2.10. The standard InChI is InChI=1S/C14H15N5O4S/c20-19(21)10-3-5-11(6-4-10)24(22,23)18-14-8-7-13(16-17-14)12-2-1-9-15-12/h3-8,12,15H,1-2,9H2,(H,17,18). The van der Waals surface area contributed by atoms with Crippen LogP contribution in [0.15, 0.2) is 41.3 Å². The Morgan fingerprint density at radius 2 is 1.92 bits per heavy atom. The fraction of sp³-hybridized carbons (Fsp3) is 0.286. The molecule has 126 valence electrons. The van der Waals surface area contributed by atoms with Crippen molar-refractivity contribution >= 4 is 21.5 Å². The fourth-order valence-corrected chi connectivity index (χ4v) is 3.46. The molecule has 1 aliphatic heterocycles. The maximum absolute atomic E-state index is 12.3. The van der Waals surface area contributed by atoms with Crippen molar-refractivity contribution in [2.75, 3.05) is 11.3 Å². The summed E-state index contributed by atoms with van der Waals surface area (Å²) in [4.78, 5) is 9.93. The molecule has 0 amide bonds. The quantitative estimate of drug-likeness (QED) is 0.620. The zero-order chi connectivity index (χ0) is 17.2.